The molecule has 1 saturated heterocycles. The third-order valence-electron chi connectivity index (χ3n) is 5.02. The molecule has 1 heterocycles. The molecule has 0 saturated carbocycles. The highest BCUT2D eigenvalue weighted by molar-refractivity contribution is 9.10. The zero-order valence-electron chi connectivity index (χ0n) is 19.2. The Balaban J connectivity index is 1.78. The Kier molecular flexibility index (Phi) is 8.64. The Morgan fingerprint density at radius 1 is 1.22 bits per heavy atom. The van der Waals surface area contributed by atoms with E-state index < -0.39 is 51.8 Å². The maximum atomic E-state index is 12.9. The van der Waals surface area contributed by atoms with Crippen molar-refractivity contribution >= 4 is 56.6 Å². The first-order valence-corrected chi connectivity index (χ1v) is 12.2. The summed E-state index contributed by atoms with van der Waals surface area (Å²) in [6, 6.07) is 6.23. The largest absolute Gasteiger partial charge is 0.461 e. The third kappa shape index (κ3) is 6.89. The van der Waals surface area contributed by atoms with Crippen LogP contribution in [-0.4, -0.2) is 39.6 Å². The lowest BCUT2D eigenvalue weighted by molar-refractivity contribution is -0.385. The zero-order chi connectivity index (χ0) is 27.5. The molecule has 0 aromatic heterocycles. The zero-order valence-corrected chi connectivity index (χ0v) is 21.6. The number of nitro benzene ring substituents is 1. The van der Waals surface area contributed by atoms with Crippen molar-refractivity contribution in [2.45, 2.75) is 32.5 Å². The molecule has 0 aliphatic carbocycles. The average Bonchev–Trinajstić information content (AvgIpc) is 3.07. The molecule has 196 valence electrons. The van der Waals surface area contributed by atoms with Gasteiger partial charge in [0.25, 0.3) is 11.1 Å². The molecule has 0 spiro atoms. The van der Waals surface area contributed by atoms with E-state index in [0.29, 0.717) is 35.9 Å². The second-order valence-electron chi connectivity index (χ2n) is 7.71. The van der Waals surface area contributed by atoms with E-state index in [1.807, 2.05) is 6.92 Å². The molecule has 2 aromatic carbocycles. The van der Waals surface area contributed by atoms with Crippen LogP contribution in [0.4, 0.5) is 23.7 Å². The number of nitro groups is 1. The van der Waals surface area contributed by atoms with E-state index in [-0.39, 0.29) is 21.2 Å². The summed E-state index contributed by atoms with van der Waals surface area (Å²) in [5.74, 6) is -1.73. The molecule has 0 unspecified atom stereocenters. The molecule has 1 aliphatic heterocycles. The molecule has 1 fully saturated rings. The first-order valence-electron chi connectivity index (χ1n) is 10.6. The summed E-state index contributed by atoms with van der Waals surface area (Å²) in [5, 5.41) is 10.7. The van der Waals surface area contributed by atoms with Gasteiger partial charge in [0.2, 0.25) is 5.75 Å². The normalized spacial score (nSPS) is 15.7. The molecule has 2 aromatic rings. The molecule has 2 amide bonds. The maximum absolute atomic E-state index is 12.9. The van der Waals surface area contributed by atoms with Crippen molar-refractivity contribution in [1.82, 2.24) is 4.90 Å². The van der Waals surface area contributed by atoms with Crippen LogP contribution < -0.4 is 4.74 Å². The van der Waals surface area contributed by atoms with Gasteiger partial charge in [-0.15, -0.1) is 0 Å². The number of hydrogen-bond acceptors (Lipinski definition) is 8. The highest BCUT2D eigenvalue weighted by Gasteiger charge is 2.37. The van der Waals surface area contributed by atoms with Gasteiger partial charge in [0.05, 0.1) is 26.0 Å². The minimum atomic E-state index is -4.76. The second-order valence-corrected chi connectivity index (χ2v) is 9.55. The number of ether oxygens (including phenoxy) is 2. The standard InChI is InChI=1S/C23H18BrF3N2O7S/c1-3-12(2)35-20(30)11-28-21(31)19(37-22(28)32)9-13-4-6-17(15(24)8-13)36-18-7-5-14(23(25,26)27)10-16(18)29(33)34/h4-10,12H,3,11H2,1-2H3/b19-9+/t12-/m0/s1. The van der Waals surface area contributed by atoms with E-state index in [1.165, 1.54) is 24.3 Å². The second kappa shape index (κ2) is 11.3. The molecule has 3 rings (SSSR count). The summed E-state index contributed by atoms with van der Waals surface area (Å²) < 4.78 is 49.6. The van der Waals surface area contributed by atoms with E-state index in [9.17, 15) is 37.7 Å². The topological polar surface area (TPSA) is 116 Å². The maximum Gasteiger partial charge on any atom is 0.416 e. The van der Waals surface area contributed by atoms with Crippen molar-refractivity contribution in [3.63, 3.8) is 0 Å². The van der Waals surface area contributed by atoms with Gasteiger partial charge in [-0.05, 0) is 76.9 Å². The van der Waals surface area contributed by atoms with Gasteiger partial charge in [-0.1, -0.05) is 13.0 Å². The number of thioether (sulfide) groups is 1. The van der Waals surface area contributed by atoms with Gasteiger partial charge in [0.1, 0.15) is 12.3 Å². The smallest absolute Gasteiger partial charge is 0.416 e. The molecule has 1 aliphatic rings. The van der Waals surface area contributed by atoms with Gasteiger partial charge in [0.15, 0.2) is 0 Å². The molecule has 0 bridgehead atoms. The first-order chi connectivity index (χ1) is 17.3. The van der Waals surface area contributed by atoms with Crippen molar-refractivity contribution in [3.05, 3.63) is 67.0 Å². The number of benzene rings is 2. The summed E-state index contributed by atoms with van der Waals surface area (Å²) >= 11 is 3.87. The fraction of sp³-hybridized carbons (Fsp3) is 0.261. The number of nitrogens with zero attached hydrogens (tertiary/aromatic N) is 2. The Bertz CT molecular complexity index is 1300. The quantitative estimate of drug-likeness (QED) is 0.145. The van der Waals surface area contributed by atoms with Crippen LogP contribution in [0.2, 0.25) is 0 Å². The van der Waals surface area contributed by atoms with Gasteiger partial charge in [-0.25, -0.2) is 0 Å². The van der Waals surface area contributed by atoms with Crippen molar-refractivity contribution in [2.75, 3.05) is 6.54 Å². The number of hydrogen-bond donors (Lipinski definition) is 0. The minimum Gasteiger partial charge on any atom is -0.461 e. The average molecular weight is 603 g/mol. The van der Waals surface area contributed by atoms with Crippen molar-refractivity contribution < 1.29 is 42.0 Å². The fourth-order valence-corrected chi connectivity index (χ4v) is 4.31. The van der Waals surface area contributed by atoms with E-state index in [2.05, 4.69) is 15.9 Å². The van der Waals surface area contributed by atoms with Gasteiger partial charge in [-0.2, -0.15) is 13.2 Å². The molecular formula is C23H18BrF3N2O7S. The van der Waals surface area contributed by atoms with Gasteiger partial charge >= 0.3 is 17.8 Å². The van der Waals surface area contributed by atoms with Crippen LogP contribution in [0.5, 0.6) is 11.5 Å². The monoisotopic (exact) mass is 602 g/mol. The fourth-order valence-electron chi connectivity index (χ4n) is 2.99. The van der Waals surface area contributed by atoms with Crippen molar-refractivity contribution in [1.29, 1.82) is 0 Å². The predicted molar refractivity (Wildman–Crippen MR) is 131 cm³/mol. The lowest BCUT2D eigenvalue weighted by Crippen LogP contribution is -2.35. The van der Waals surface area contributed by atoms with Gasteiger partial charge < -0.3 is 9.47 Å². The summed E-state index contributed by atoms with van der Waals surface area (Å²) in [5.41, 5.74) is -1.62. The summed E-state index contributed by atoms with van der Waals surface area (Å²) in [4.78, 5) is 48.0. The van der Waals surface area contributed by atoms with Crippen LogP contribution in [0.15, 0.2) is 45.8 Å². The number of halogens is 4. The number of rotatable bonds is 8. The molecule has 14 heteroatoms. The van der Waals surface area contributed by atoms with Crippen LogP contribution >= 0.6 is 27.7 Å². The molecule has 37 heavy (non-hydrogen) atoms. The number of imide groups is 1. The predicted octanol–water partition coefficient (Wildman–Crippen LogP) is 6.55. The van der Waals surface area contributed by atoms with Gasteiger partial charge in [0, 0.05) is 6.07 Å². The number of carbonyl (C=O) groups excluding carboxylic acids is 3. The SMILES string of the molecule is CC[C@H](C)OC(=O)CN1C(=O)S/C(=C/c2ccc(Oc3ccc(C(F)(F)F)cc3[N+](=O)[O-])c(Br)c2)C1=O. The summed E-state index contributed by atoms with van der Waals surface area (Å²) in [7, 11) is 0. The van der Waals surface area contributed by atoms with Crippen LogP contribution in [0.3, 0.4) is 0 Å². The molecule has 0 N–H and O–H groups in total. The van der Waals surface area contributed by atoms with Crippen molar-refractivity contribution in [3.8, 4) is 11.5 Å². The van der Waals surface area contributed by atoms with Crippen LogP contribution in [0.25, 0.3) is 6.08 Å². The molecule has 9 nitrogen and oxygen atoms in total. The summed E-state index contributed by atoms with van der Waals surface area (Å²) in [6.07, 6.45) is -3.14. The molecule has 1 atom stereocenters. The highest BCUT2D eigenvalue weighted by atomic mass is 79.9. The van der Waals surface area contributed by atoms with Crippen LogP contribution in [0, 0.1) is 10.1 Å². The van der Waals surface area contributed by atoms with E-state index in [4.69, 9.17) is 9.47 Å². The summed E-state index contributed by atoms with van der Waals surface area (Å²) in [6.45, 7) is 2.99. The van der Waals surface area contributed by atoms with Gasteiger partial charge in [-0.3, -0.25) is 29.4 Å². The minimum absolute atomic E-state index is 0.0558. The van der Waals surface area contributed by atoms with E-state index in [1.54, 1.807) is 6.92 Å². The number of amides is 2. The van der Waals surface area contributed by atoms with E-state index >= 15 is 0 Å². The number of alkyl halides is 3. The lowest BCUT2D eigenvalue weighted by atomic mass is 10.1. The Labute approximate surface area is 220 Å². The Morgan fingerprint density at radius 2 is 1.89 bits per heavy atom. The molecule has 0 radical (unpaired) electrons. The van der Waals surface area contributed by atoms with E-state index in [0.717, 1.165) is 11.0 Å². The van der Waals surface area contributed by atoms with Crippen molar-refractivity contribution in [2.24, 2.45) is 0 Å². The van der Waals surface area contributed by atoms with Crippen LogP contribution in [-0.2, 0) is 20.5 Å². The Morgan fingerprint density at radius 3 is 2.49 bits per heavy atom. The number of carbonyl (C=O) groups is 3. The first kappa shape index (κ1) is 28.2. The number of esters is 1. The Hall–Kier alpha value is -3.39. The molecular weight excluding hydrogens is 585 g/mol. The third-order valence-corrected chi connectivity index (χ3v) is 6.55. The highest BCUT2D eigenvalue weighted by Crippen LogP contribution is 2.40. The lowest BCUT2D eigenvalue weighted by Gasteiger charge is -2.14. The van der Waals surface area contributed by atoms with Crippen LogP contribution in [0.1, 0.15) is 31.4 Å².